The van der Waals surface area contributed by atoms with Gasteiger partial charge in [0.25, 0.3) is 0 Å². The molecule has 0 saturated carbocycles. The van der Waals surface area contributed by atoms with Gasteiger partial charge in [-0.25, -0.2) is 16.8 Å². The third-order valence-electron chi connectivity index (χ3n) is 4.50. The molecule has 0 unspecified atom stereocenters. The second-order valence-electron chi connectivity index (χ2n) is 6.82. The van der Waals surface area contributed by atoms with Crippen LogP contribution in [0.4, 0.5) is 11.4 Å². The first kappa shape index (κ1) is 21.0. The van der Waals surface area contributed by atoms with Crippen molar-refractivity contribution in [1.82, 2.24) is 0 Å². The number of anilines is 2. The molecule has 1 aliphatic heterocycles. The summed E-state index contributed by atoms with van der Waals surface area (Å²) in [5, 5.41) is 0.548. The molecule has 0 aromatic heterocycles. The van der Waals surface area contributed by atoms with E-state index in [-0.39, 0.29) is 11.5 Å². The van der Waals surface area contributed by atoms with Gasteiger partial charge in [-0.15, -0.1) is 0 Å². The van der Waals surface area contributed by atoms with Gasteiger partial charge in [-0.1, -0.05) is 30.7 Å². The highest BCUT2D eigenvalue weighted by molar-refractivity contribution is 7.92. The maximum Gasteiger partial charge on any atom is 0.236 e. The highest BCUT2D eigenvalue weighted by Gasteiger charge is 2.27. The molecule has 2 aromatic carbocycles. The third-order valence-corrected chi connectivity index (χ3v) is 7.98. The summed E-state index contributed by atoms with van der Waals surface area (Å²) in [6.45, 7) is 2.29. The summed E-state index contributed by atoms with van der Waals surface area (Å²) >= 11 is 5.83. The Morgan fingerprint density at radius 2 is 1.79 bits per heavy atom. The van der Waals surface area contributed by atoms with Crippen LogP contribution in [-0.4, -0.2) is 29.1 Å². The summed E-state index contributed by atoms with van der Waals surface area (Å²) < 4.78 is 54.0. The van der Waals surface area contributed by atoms with Crippen LogP contribution >= 0.6 is 11.6 Å². The number of nitrogens with one attached hydrogen (secondary N) is 1. The fraction of sp³-hybridized carbons (Fsp3) is 0.368. The average molecular weight is 443 g/mol. The van der Waals surface area contributed by atoms with E-state index in [1.165, 1.54) is 4.31 Å². The van der Waals surface area contributed by atoms with Crippen LogP contribution in [0.5, 0.6) is 0 Å². The van der Waals surface area contributed by atoms with E-state index in [1.54, 1.807) is 42.5 Å². The number of sulfonamides is 2. The lowest BCUT2D eigenvalue weighted by atomic mass is 10.0. The van der Waals surface area contributed by atoms with Crippen molar-refractivity contribution >= 4 is 43.0 Å². The molecule has 3 rings (SSSR count). The molecule has 0 atom stereocenters. The van der Waals surface area contributed by atoms with Crippen LogP contribution in [0.3, 0.4) is 0 Å². The fourth-order valence-electron chi connectivity index (χ4n) is 3.30. The van der Waals surface area contributed by atoms with E-state index in [2.05, 4.69) is 4.72 Å². The minimum Gasteiger partial charge on any atom is -0.283 e. The highest BCUT2D eigenvalue weighted by Crippen LogP contribution is 2.32. The molecule has 1 N–H and O–H groups in total. The first-order valence-corrected chi connectivity index (χ1v) is 12.7. The Hall–Kier alpha value is -1.77. The fourth-order valence-corrected chi connectivity index (χ4v) is 6.24. The summed E-state index contributed by atoms with van der Waals surface area (Å²) in [5.74, 6) is -0.0693. The number of nitrogens with zero attached hydrogens (tertiary/aromatic N) is 1. The first-order valence-electron chi connectivity index (χ1n) is 9.08. The van der Waals surface area contributed by atoms with Gasteiger partial charge in [0.2, 0.25) is 20.0 Å². The number of halogens is 1. The van der Waals surface area contributed by atoms with Gasteiger partial charge in [-0.2, -0.15) is 0 Å². The van der Waals surface area contributed by atoms with Gasteiger partial charge in [0.1, 0.15) is 0 Å². The molecule has 2 aromatic rings. The van der Waals surface area contributed by atoms with Crippen LogP contribution < -0.4 is 9.03 Å². The molecule has 0 fully saturated rings. The Bertz CT molecular complexity index is 1050. The van der Waals surface area contributed by atoms with Crippen molar-refractivity contribution in [1.29, 1.82) is 0 Å². The molecule has 0 aliphatic carbocycles. The van der Waals surface area contributed by atoms with E-state index in [1.807, 2.05) is 6.92 Å². The molecule has 0 radical (unpaired) electrons. The molecule has 0 amide bonds. The summed E-state index contributed by atoms with van der Waals surface area (Å²) in [4.78, 5) is 0. The molecule has 1 heterocycles. The minimum atomic E-state index is -3.60. The number of rotatable bonds is 7. The molecule has 28 heavy (non-hydrogen) atoms. The van der Waals surface area contributed by atoms with Gasteiger partial charge < -0.3 is 0 Å². The SMILES string of the molecule is CCCS(=O)(=O)N1CCCc2cc(NS(=O)(=O)Cc3ccc(Cl)cc3)ccc21. The van der Waals surface area contributed by atoms with Gasteiger partial charge in [0.15, 0.2) is 0 Å². The quantitative estimate of drug-likeness (QED) is 0.707. The van der Waals surface area contributed by atoms with Crippen molar-refractivity contribution in [2.45, 2.75) is 31.9 Å². The standard InChI is InChI=1S/C19H23ClN2O4S2/c1-2-12-28(25,26)22-11-3-4-16-13-18(9-10-19(16)22)21-27(23,24)14-15-5-7-17(20)8-6-15/h5-10,13,21H,2-4,11-12,14H2,1H3. The smallest absolute Gasteiger partial charge is 0.236 e. The van der Waals surface area contributed by atoms with Crippen LogP contribution in [0.1, 0.15) is 30.9 Å². The van der Waals surface area contributed by atoms with Crippen molar-refractivity contribution < 1.29 is 16.8 Å². The van der Waals surface area contributed by atoms with Crippen LogP contribution in [-0.2, 0) is 32.2 Å². The topological polar surface area (TPSA) is 83.6 Å². The second-order valence-corrected chi connectivity index (χ2v) is 11.0. The van der Waals surface area contributed by atoms with E-state index >= 15 is 0 Å². The van der Waals surface area contributed by atoms with Crippen LogP contribution in [0.2, 0.25) is 5.02 Å². The lowest BCUT2D eigenvalue weighted by Gasteiger charge is -2.30. The molecule has 9 heteroatoms. The Balaban J connectivity index is 1.80. The summed E-state index contributed by atoms with van der Waals surface area (Å²) in [6.07, 6.45) is 1.97. The van der Waals surface area contributed by atoms with Gasteiger partial charge >= 0.3 is 0 Å². The summed E-state index contributed by atoms with van der Waals surface area (Å²) in [5.41, 5.74) is 2.53. The van der Waals surface area contributed by atoms with Crippen LogP contribution in [0, 0.1) is 0 Å². The molecule has 6 nitrogen and oxygen atoms in total. The van der Waals surface area contributed by atoms with E-state index < -0.39 is 20.0 Å². The van der Waals surface area contributed by atoms with Gasteiger partial charge in [0.05, 0.1) is 17.2 Å². The number of aryl methyl sites for hydroxylation is 1. The molecule has 1 aliphatic rings. The van der Waals surface area contributed by atoms with Crippen LogP contribution in [0.25, 0.3) is 0 Å². The first-order chi connectivity index (χ1) is 13.2. The zero-order valence-corrected chi connectivity index (χ0v) is 17.9. The molecule has 0 bridgehead atoms. The van der Waals surface area contributed by atoms with Gasteiger partial charge in [-0.05, 0) is 60.7 Å². The molecule has 0 spiro atoms. The van der Waals surface area contributed by atoms with Crippen molar-refractivity contribution in [2.24, 2.45) is 0 Å². The highest BCUT2D eigenvalue weighted by atomic mass is 35.5. The van der Waals surface area contributed by atoms with Gasteiger partial charge in [0, 0.05) is 17.3 Å². The number of hydrogen-bond donors (Lipinski definition) is 1. The Labute approximate surface area is 171 Å². The van der Waals surface area contributed by atoms with E-state index in [9.17, 15) is 16.8 Å². The zero-order chi connectivity index (χ0) is 20.4. The molecule has 152 valence electrons. The second kappa shape index (κ2) is 8.31. The molecule has 0 saturated heterocycles. The predicted molar refractivity (Wildman–Crippen MR) is 114 cm³/mol. The monoisotopic (exact) mass is 442 g/mol. The predicted octanol–water partition coefficient (Wildman–Crippen LogP) is 3.77. The van der Waals surface area contributed by atoms with Crippen molar-refractivity contribution in [3.8, 4) is 0 Å². The van der Waals surface area contributed by atoms with E-state index in [4.69, 9.17) is 11.6 Å². The van der Waals surface area contributed by atoms with Crippen molar-refractivity contribution in [3.05, 3.63) is 58.6 Å². The molecular weight excluding hydrogens is 420 g/mol. The zero-order valence-electron chi connectivity index (χ0n) is 15.6. The Morgan fingerprint density at radius 3 is 2.46 bits per heavy atom. The lowest BCUT2D eigenvalue weighted by molar-refractivity contribution is 0.585. The number of benzene rings is 2. The van der Waals surface area contributed by atoms with E-state index in [0.717, 1.165) is 5.56 Å². The third kappa shape index (κ3) is 4.98. The molecular formula is C19H23ClN2O4S2. The Morgan fingerprint density at radius 1 is 1.07 bits per heavy atom. The number of fused-ring (bicyclic) bond motifs is 1. The largest absolute Gasteiger partial charge is 0.283 e. The normalized spacial score (nSPS) is 14.6. The maximum absolute atomic E-state index is 12.5. The van der Waals surface area contributed by atoms with Crippen molar-refractivity contribution in [3.63, 3.8) is 0 Å². The maximum atomic E-state index is 12.5. The number of hydrogen-bond acceptors (Lipinski definition) is 4. The lowest BCUT2D eigenvalue weighted by Crippen LogP contribution is -2.37. The minimum absolute atomic E-state index is 0.0991. The van der Waals surface area contributed by atoms with Gasteiger partial charge in [-0.3, -0.25) is 9.03 Å². The summed E-state index contributed by atoms with van der Waals surface area (Å²) in [6, 6.07) is 11.7. The van der Waals surface area contributed by atoms with Crippen LogP contribution in [0.15, 0.2) is 42.5 Å². The average Bonchev–Trinajstić information content (AvgIpc) is 2.62. The van der Waals surface area contributed by atoms with E-state index in [0.29, 0.717) is 47.8 Å². The Kier molecular flexibility index (Phi) is 6.21. The van der Waals surface area contributed by atoms with Crippen molar-refractivity contribution in [2.75, 3.05) is 21.3 Å². The summed E-state index contributed by atoms with van der Waals surface area (Å²) in [7, 11) is -6.96.